The molecular weight excluding hydrogens is 214 g/mol. The van der Waals surface area contributed by atoms with Crippen LogP contribution in [-0.2, 0) is 18.2 Å². The summed E-state index contributed by atoms with van der Waals surface area (Å²) < 4.78 is 6.82. The van der Waals surface area contributed by atoms with Gasteiger partial charge in [-0.05, 0) is 6.07 Å². The maximum Gasteiger partial charge on any atom is 0.0693 e. The highest BCUT2D eigenvalue weighted by atomic mass is 35.5. The van der Waals surface area contributed by atoms with Crippen molar-refractivity contribution < 1.29 is 4.74 Å². The molecule has 1 N–H and O–H groups in total. The molecule has 0 radical (unpaired) electrons. The second-order valence-corrected chi connectivity index (χ2v) is 4.07. The van der Waals surface area contributed by atoms with Crippen molar-refractivity contribution in [2.45, 2.75) is 11.8 Å². The summed E-state index contributed by atoms with van der Waals surface area (Å²) in [5.74, 6) is 0. The zero-order valence-corrected chi connectivity index (χ0v) is 10.00. The third-order valence-electron chi connectivity index (χ3n) is 2.19. The number of alkyl halides is 1. The molecule has 0 aromatic carbocycles. The molecule has 1 rings (SSSR count). The average Bonchev–Trinajstić information content (AvgIpc) is 2.60. The summed E-state index contributed by atoms with van der Waals surface area (Å²) >= 11 is 5.97. The monoisotopic (exact) mass is 231 g/mol. The van der Waals surface area contributed by atoms with Crippen LogP contribution >= 0.6 is 11.6 Å². The lowest BCUT2D eigenvalue weighted by molar-refractivity contribution is 0.197. The highest BCUT2D eigenvalue weighted by Gasteiger charge is 2.03. The Morgan fingerprint density at radius 3 is 3.07 bits per heavy atom. The summed E-state index contributed by atoms with van der Waals surface area (Å²) in [5.41, 5.74) is 1.22. The number of nitrogens with zero attached hydrogens (tertiary/aromatic N) is 2. The van der Waals surface area contributed by atoms with E-state index in [1.54, 1.807) is 7.11 Å². The highest BCUT2D eigenvalue weighted by Crippen LogP contribution is 1.97. The largest absolute Gasteiger partial charge is 0.383 e. The van der Waals surface area contributed by atoms with Gasteiger partial charge >= 0.3 is 0 Å². The molecule has 0 aliphatic heterocycles. The number of aryl methyl sites for hydroxylation is 1. The van der Waals surface area contributed by atoms with Crippen LogP contribution in [0.5, 0.6) is 0 Å². The molecule has 86 valence electrons. The van der Waals surface area contributed by atoms with E-state index >= 15 is 0 Å². The zero-order chi connectivity index (χ0) is 11.1. The molecule has 0 spiro atoms. The minimum atomic E-state index is 0.0431. The van der Waals surface area contributed by atoms with Gasteiger partial charge in [0.25, 0.3) is 0 Å². The molecule has 1 aromatic rings. The van der Waals surface area contributed by atoms with E-state index in [0.29, 0.717) is 6.61 Å². The standard InChI is InChI=1S/C10H18ClN3O/c1-14-10(4-6-13-14)3-5-12-7-9(11)8-15-2/h4,6,9,12H,3,5,7-8H2,1-2H3. The smallest absolute Gasteiger partial charge is 0.0693 e. The van der Waals surface area contributed by atoms with Gasteiger partial charge in [0.05, 0.1) is 12.0 Å². The van der Waals surface area contributed by atoms with Crippen molar-refractivity contribution in [3.05, 3.63) is 18.0 Å². The predicted molar refractivity (Wildman–Crippen MR) is 61.3 cm³/mol. The fourth-order valence-corrected chi connectivity index (χ4v) is 1.60. The molecule has 1 aromatic heterocycles. The van der Waals surface area contributed by atoms with Crippen LogP contribution in [0.3, 0.4) is 0 Å². The fourth-order valence-electron chi connectivity index (χ4n) is 1.36. The Hall–Kier alpha value is -0.580. The lowest BCUT2D eigenvalue weighted by Gasteiger charge is -2.09. The Kier molecular flexibility index (Phi) is 5.68. The summed E-state index contributed by atoms with van der Waals surface area (Å²) in [6.45, 7) is 2.26. The van der Waals surface area contributed by atoms with E-state index < -0.39 is 0 Å². The molecule has 1 unspecified atom stereocenters. The van der Waals surface area contributed by atoms with Crippen LogP contribution in [0, 0.1) is 0 Å². The number of ether oxygens (including phenoxy) is 1. The van der Waals surface area contributed by atoms with Crippen LogP contribution in [-0.4, -0.2) is 42.0 Å². The van der Waals surface area contributed by atoms with Gasteiger partial charge in [-0.3, -0.25) is 4.68 Å². The number of methoxy groups -OCH3 is 1. The first-order valence-corrected chi connectivity index (χ1v) is 5.48. The Morgan fingerprint density at radius 2 is 2.47 bits per heavy atom. The molecule has 0 saturated carbocycles. The van der Waals surface area contributed by atoms with Crippen LogP contribution in [0.2, 0.25) is 0 Å². The van der Waals surface area contributed by atoms with E-state index in [2.05, 4.69) is 10.4 Å². The molecule has 5 heteroatoms. The molecule has 0 saturated heterocycles. The highest BCUT2D eigenvalue weighted by molar-refractivity contribution is 6.20. The fraction of sp³-hybridized carbons (Fsp3) is 0.700. The Morgan fingerprint density at radius 1 is 1.67 bits per heavy atom. The lowest BCUT2D eigenvalue weighted by Crippen LogP contribution is -2.28. The average molecular weight is 232 g/mol. The molecular formula is C10H18ClN3O. The molecule has 1 atom stereocenters. The number of hydrogen-bond acceptors (Lipinski definition) is 3. The second-order valence-electron chi connectivity index (χ2n) is 3.45. The topological polar surface area (TPSA) is 39.1 Å². The van der Waals surface area contributed by atoms with Gasteiger partial charge in [0.15, 0.2) is 0 Å². The van der Waals surface area contributed by atoms with Gasteiger partial charge in [0.2, 0.25) is 0 Å². The summed E-state index contributed by atoms with van der Waals surface area (Å²) in [5, 5.41) is 7.43. The minimum Gasteiger partial charge on any atom is -0.383 e. The van der Waals surface area contributed by atoms with E-state index in [9.17, 15) is 0 Å². The molecule has 15 heavy (non-hydrogen) atoms. The summed E-state index contributed by atoms with van der Waals surface area (Å²) in [7, 11) is 3.61. The van der Waals surface area contributed by atoms with Crippen LogP contribution in [0.25, 0.3) is 0 Å². The van der Waals surface area contributed by atoms with Crippen molar-refractivity contribution >= 4 is 11.6 Å². The molecule has 0 aliphatic rings. The van der Waals surface area contributed by atoms with Gasteiger partial charge in [-0.1, -0.05) is 0 Å². The molecule has 0 bridgehead atoms. The normalized spacial score (nSPS) is 13.0. The van der Waals surface area contributed by atoms with Crippen LogP contribution in [0.15, 0.2) is 12.3 Å². The van der Waals surface area contributed by atoms with E-state index in [4.69, 9.17) is 16.3 Å². The summed E-state index contributed by atoms with van der Waals surface area (Å²) in [4.78, 5) is 0. The maximum absolute atomic E-state index is 5.97. The van der Waals surface area contributed by atoms with E-state index in [0.717, 1.165) is 19.5 Å². The third kappa shape index (κ3) is 4.64. The van der Waals surface area contributed by atoms with Gasteiger partial charge in [-0.15, -0.1) is 11.6 Å². The van der Waals surface area contributed by atoms with Crippen LogP contribution in [0.1, 0.15) is 5.69 Å². The quantitative estimate of drug-likeness (QED) is 0.558. The van der Waals surface area contributed by atoms with Crippen molar-refractivity contribution in [2.75, 3.05) is 26.8 Å². The number of rotatable bonds is 7. The van der Waals surface area contributed by atoms with Crippen molar-refractivity contribution in [3.8, 4) is 0 Å². The van der Waals surface area contributed by atoms with Crippen LogP contribution in [0.4, 0.5) is 0 Å². The lowest BCUT2D eigenvalue weighted by atomic mass is 10.3. The van der Waals surface area contributed by atoms with E-state index in [1.165, 1.54) is 5.69 Å². The Bertz CT molecular complexity index is 277. The first-order valence-electron chi connectivity index (χ1n) is 5.04. The molecule has 1 heterocycles. The number of hydrogen-bond donors (Lipinski definition) is 1. The number of nitrogens with one attached hydrogen (secondary N) is 1. The van der Waals surface area contributed by atoms with Gasteiger partial charge in [0.1, 0.15) is 0 Å². The first kappa shape index (κ1) is 12.5. The zero-order valence-electron chi connectivity index (χ0n) is 9.24. The van der Waals surface area contributed by atoms with Crippen molar-refractivity contribution in [1.82, 2.24) is 15.1 Å². The minimum absolute atomic E-state index is 0.0431. The summed E-state index contributed by atoms with van der Waals surface area (Å²) in [6, 6.07) is 2.02. The molecule has 0 aliphatic carbocycles. The van der Waals surface area contributed by atoms with E-state index in [-0.39, 0.29) is 5.38 Å². The van der Waals surface area contributed by atoms with Crippen LogP contribution < -0.4 is 5.32 Å². The Balaban J connectivity index is 2.09. The van der Waals surface area contributed by atoms with Gasteiger partial charge in [-0.25, -0.2) is 0 Å². The molecule has 0 amide bonds. The van der Waals surface area contributed by atoms with Crippen molar-refractivity contribution in [2.24, 2.45) is 7.05 Å². The maximum atomic E-state index is 5.97. The third-order valence-corrected chi connectivity index (χ3v) is 2.47. The van der Waals surface area contributed by atoms with Crippen molar-refractivity contribution in [3.63, 3.8) is 0 Å². The van der Waals surface area contributed by atoms with Gasteiger partial charge in [0, 0.05) is 45.6 Å². The Labute approximate surface area is 95.6 Å². The number of halogens is 1. The SMILES string of the molecule is COCC(Cl)CNCCc1ccnn1C. The van der Waals surface area contributed by atoms with E-state index in [1.807, 2.05) is 24.0 Å². The summed E-state index contributed by atoms with van der Waals surface area (Å²) in [6.07, 6.45) is 2.78. The van der Waals surface area contributed by atoms with Crippen molar-refractivity contribution in [1.29, 1.82) is 0 Å². The van der Waals surface area contributed by atoms with Gasteiger partial charge < -0.3 is 10.1 Å². The second kappa shape index (κ2) is 6.82. The number of aromatic nitrogens is 2. The van der Waals surface area contributed by atoms with Gasteiger partial charge in [-0.2, -0.15) is 5.10 Å². The predicted octanol–water partition coefficient (Wildman–Crippen LogP) is 0.806. The molecule has 0 fully saturated rings. The molecule has 4 nitrogen and oxygen atoms in total. The first-order chi connectivity index (χ1) is 7.24.